The van der Waals surface area contributed by atoms with Crippen molar-refractivity contribution in [1.82, 2.24) is 0 Å². The minimum Gasteiger partial charge on any atom is -0.488 e. The number of hydrogen-bond donors (Lipinski definition) is 1. The van der Waals surface area contributed by atoms with E-state index in [1.54, 1.807) is 0 Å². The Hall–Kier alpha value is -1.78. The average molecular weight is 255 g/mol. The van der Waals surface area contributed by atoms with Gasteiger partial charge < -0.3 is 15.2 Å². The summed E-state index contributed by atoms with van der Waals surface area (Å²) in [5.74, 6) is -1.17. The smallest absolute Gasteiger partial charge is 0.340 e. The van der Waals surface area contributed by atoms with Gasteiger partial charge in [0.25, 0.3) is 0 Å². The van der Waals surface area contributed by atoms with Crippen molar-refractivity contribution in [3.63, 3.8) is 0 Å². The fourth-order valence-electron chi connectivity index (χ4n) is 1.63. The number of methoxy groups -OCH3 is 1. The first kappa shape index (κ1) is 14.3. The van der Waals surface area contributed by atoms with Gasteiger partial charge in [-0.2, -0.15) is 0 Å². The van der Waals surface area contributed by atoms with Crippen LogP contribution in [0, 0.1) is 5.82 Å². The SMILES string of the molecule is CCCC(C)Oc1cc(C(=O)OC)c(N)cc1F. The molecular formula is C13H18FNO3. The quantitative estimate of drug-likeness (QED) is 0.649. The van der Waals surface area contributed by atoms with Crippen molar-refractivity contribution < 1.29 is 18.7 Å². The summed E-state index contributed by atoms with van der Waals surface area (Å²) in [5, 5.41) is 0. The number of carbonyl (C=O) groups excluding carboxylic acids is 1. The third kappa shape index (κ3) is 3.35. The normalized spacial score (nSPS) is 12.0. The van der Waals surface area contributed by atoms with E-state index < -0.39 is 11.8 Å². The molecule has 5 heteroatoms. The molecule has 0 saturated heterocycles. The topological polar surface area (TPSA) is 61.5 Å². The van der Waals surface area contributed by atoms with E-state index in [1.807, 2.05) is 13.8 Å². The van der Waals surface area contributed by atoms with Crippen molar-refractivity contribution in [2.75, 3.05) is 12.8 Å². The van der Waals surface area contributed by atoms with Gasteiger partial charge in [0.2, 0.25) is 0 Å². The lowest BCUT2D eigenvalue weighted by Crippen LogP contribution is -2.14. The summed E-state index contributed by atoms with van der Waals surface area (Å²) in [6.45, 7) is 3.86. The van der Waals surface area contributed by atoms with Crippen LogP contribution >= 0.6 is 0 Å². The van der Waals surface area contributed by atoms with Crippen LogP contribution in [0.3, 0.4) is 0 Å². The highest BCUT2D eigenvalue weighted by Gasteiger charge is 2.16. The predicted molar refractivity (Wildman–Crippen MR) is 67.1 cm³/mol. The number of ether oxygens (including phenoxy) is 2. The summed E-state index contributed by atoms with van der Waals surface area (Å²) < 4.78 is 23.6. The molecule has 0 amide bonds. The van der Waals surface area contributed by atoms with Crippen LogP contribution in [0.15, 0.2) is 12.1 Å². The van der Waals surface area contributed by atoms with Crippen LogP contribution in [0.1, 0.15) is 37.0 Å². The maximum Gasteiger partial charge on any atom is 0.340 e. The zero-order chi connectivity index (χ0) is 13.7. The number of hydrogen-bond acceptors (Lipinski definition) is 4. The van der Waals surface area contributed by atoms with Gasteiger partial charge >= 0.3 is 5.97 Å². The second-order valence-corrected chi connectivity index (χ2v) is 4.08. The highest BCUT2D eigenvalue weighted by atomic mass is 19.1. The van der Waals surface area contributed by atoms with E-state index in [1.165, 1.54) is 13.2 Å². The lowest BCUT2D eigenvalue weighted by Gasteiger charge is -2.15. The molecule has 100 valence electrons. The zero-order valence-electron chi connectivity index (χ0n) is 10.8. The Bertz CT molecular complexity index is 434. The molecule has 1 atom stereocenters. The second-order valence-electron chi connectivity index (χ2n) is 4.08. The Morgan fingerprint density at radius 1 is 1.50 bits per heavy atom. The third-order valence-corrected chi connectivity index (χ3v) is 2.53. The average Bonchev–Trinajstić information content (AvgIpc) is 2.32. The molecule has 2 N–H and O–H groups in total. The lowest BCUT2D eigenvalue weighted by atomic mass is 10.1. The fraction of sp³-hybridized carbons (Fsp3) is 0.462. The largest absolute Gasteiger partial charge is 0.488 e. The van der Waals surface area contributed by atoms with Crippen molar-refractivity contribution in [3.8, 4) is 5.75 Å². The number of anilines is 1. The van der Waals surface area contributed by atoms with Gasteiger partial charge in [-0.15, -0.1) is 0 Å². The Morgan fingerprint density at radius 3 is 2.72 bits per heavy atom. The molecule has 1 aromatic carbocycles. The number of carbonyl (C=O) groups is 1. The van der Waals surface area contributed by atoms with Gasteiger partial charge in [-0.1, -0.05) is 13.3 Å². The monoisotopic (exact) mass is 255 g/mol. The highest BCUT2D eigenvalue weighted by molar-refractivity contribution is 5.95. The van der Waals surface area contributed by atoms with Crippen molar-refractivity contribution in [2.24, 2.45) is 0 Å². The number of benzene rings is 1. The van der Waals surface area contributed by atoms with Gasteiger partial charge in [0.1, 0.15) is 0 Å². The minimum absolute atomic E-state index is 0.0190. The predicted octanol–water partition coefficient (Wildman–Crippen LogP) is 2.76. The Balaban J connectivity index is 3.01. The van der Waals surface area contributed by atoms with Crippen molar-refractivity contribution >= 4 is 11.7 Å². The molecule has 0 spiro atoms. The van der Waals surface area contributed by atoms with Crippen molar-refractivity contribution in [1.29, 1.82) is 0 Å². The first-order chi connectivity index (χ1) is 8.49. The van der Waals surface area contributed by atoms with Gasteiger partial charge in [-0.3, -0.25) is 0 Å². The number of nitrogen functional groups attached to an aromatic ring is 1. The van der Waals surface area contributed by atoms with Gasteiger partial charge in [-0.05, 0) is 19.4 Å². The molecule has 1 aromatic rings. The van der Waals surface area contributed by atoms with E-state index in [-0.39, 0.29) is 23.1 Å². The number of rotatable bonds is 5. The molecule has 4 nitrogen and oxygen atoms in total. The molecule has 0 bridgehead atoms. The van der Waals surface area contributed by atoms with Crippen LogP contribution in [0.2, 0.25) is 0 Å². The van der Waals surface area contributed by atoms with E-state index in [9.17, 15) is 9.18 Å². The summed E-state index contributed by atoms with van der Waals surface area (Å²) in [6, 6.07) is 2.35. The zero-order valence-corrected chi connectivity index (χ0v) is 10.8. The molecule has 0 saturated carbocycles. The van der Waals surface area contributed by atoms with Crippen LogP contribution in [0.25, 0.3) is 0 Å². The van der Waals surface area contributed by atoms with Gasteiger partial charge in [0, 0.05) is 11.8 Å². The molecule has 0 aliphatic heterocycles. The van der Waals surface area contributed by atoms with E-state index in [0.29, 0.717) is 0 Å². The maximum atomic E-state index is 13.6. The summed E-state index contributed by atoms with van der Waals surface area (Å²) in [4.78, 5) is 11.4. The minimum atomic E-state index is -0.611. The summed E-state index contributed by atoms with van der Waals surface area (Å²) in [6.07, 6.45) is 1.61. The molecule has 0 fully saturated rings. The number of nitrogens with two attached hydrogens (primary N) is 1. The Kier molecular flexibility index (Phi) is 4.95. The molecule has 0 aromatic heterocycles. The van der Waals surface area contributed by atoms with Crippen molar-refractivity contribution in [3.05, 3.63) is 23.5 Å². The van der Waals surface area contributed by atoms with Crippen LogP contribution in [0.5, 0.6) is 5.75 Å². The molecule has 0 heterocycles. The fourth-order valence-corrected chi connectivity index (χ4v) is 1.63. The van der Waals surface area contributed by atoms with Gasteiger partial charge in [-0.25, -0.2) is 9.18 Å². The van der Waals surface area contributed by atoms with Crippen LogP contribution < -0.4 is 10.5 Å². The van der Waals surface area contributed by atoms with Gasteiger partial charge in [0.05, 0.1) is 18.8 Å². The Morgan fingerprint density at radius 2 is 2.17 bits per heavy atom. The molecule has 0 aliphatic rings. The maximum absolute atomic E-state index is 13.6. The molecule has 1 rings (SSSR count). The molecular weight excluding hydrogens is 237 g/mol. The summed E-state index contributed by atoms with van der Waals surface area (Å²) in [7, 11) is 1.24. The number of esters is 1. The molecule has 0 radical (unpaired) electrons. The van der Waals surface area contributed by atoms with E-state index in [4.69, 9.17) is 10.5 Å². The molecule has 0 aliphatic carbocycles. The highest BCUT2D eigenvalue weighted by Crippen LogP contribution is 2.26. The van der Waals surface area contributed by atoms with Crippen LogP contribution in [0.4, 0.5) is 10.1 Å². The third-order valence-electron chi connectivity index (χ3n) is 2.53. The summed E-state index contributed by atoms with van der Waals surface area (Å²) >= 11 is 0. The first-order valence-corrected chi connectivity index (χ1v) is 5.83. The van der Waals surface area contributed by atoms with E-state index >= 15 is 0 Å². The van der Waals surface area contributed by atoms with E-state index in [2.05, 4.69) is 4.74 Å². The molecule has 18 heavy (non-hydrogen) atoms. The first-order valence-electron chi connectivity index (χ1n) is 5.83. The molecule has 1 unspecified atom stereocenters. The van der Waals surface area contributed by atoms with Crippen LogP contribution in [-0.4, -0.2) is 19.2 Å². The number of halogens is 1. The van der Waals surface area contributed by atoms with Crippen molar-refractivity contribution in [2.45, 2.75) is 32.8 Å². The van der Waals surface area contributed by atoms with Gasteiger partial charge in [0.15, 0.2) is 11.6 Å². The van der Waals surface area contributed by atoms with Crippen LogP contribution in [-0.2, 0) is 4.74 Å². The second kappa shape index (κ2) is 6.23. The lowest BCUT2D eigenvalue weighted by molar-refractivity contribution is 0.0601. The van der Waals surface area contributed by atoms with E-state index in [0.717, 1.165) is 18.9 Å². The standard InChI is InChI=1S/C13H18FNO3/c1-4-5-8(2)18-12-6-9(13(16)17-3)11(15)7-10(12)14/h6-8H,4-5,15H2,1-3H3. The summed E-state index contributed by atoms with van der Waals surface area (Å²) in [5.41, 5.74) is 5.71. The Labute approximate surface area is 106 Å².